The Balaban J connectivity index is 3.05. The van der Waals surface area contributed by atoms with E-state index < -0.39 is 0 Å². The molecule has 18 heavy (non-hydrogen) atoms. The minimum atomic E-state index is 0.133. The van der Waals surface area contributed by atoms with Crippen molar-refractivity contribution in [1.82, 2.24) is 5.32 Å². The van der Waals surface area contributed by atoms with Crippen molar-refractivity contribution in [2.24, 2.45) is 0 Å². The van der Waals surface area contributed by atoms with Gasteiger partial charge < -0.3 is 14.8 Å². The lowest BCUT2D eigenvalue weighted by Gasteiger charge is -2.20. The molecule has 3 heteroatoms. The Kier molecular flexibility index (Phi) is 5.72. The predicted molar refractivity (Wildman–Crippen MR) is 75.4 cm³/mol. The molecule has 0 amide bonds. The molecule has 0 aliphatic carbocycles. The molecule has 0 aliphatic heterocycles. The molecule has 0 bridgehead atoms. The van der Waals surface area contributed by atoms with Crippen LogP contribution in [0.1, 0.15) is 31.9 Å². The maximum atomic E-state index is 5.29. The topological polar surface area (TPSA) is 30.5 Å². The fraction of sp³-hybridized carbons (Fsp3) is 0.467. The molecule has 1 aromatic carbocycles. The van der Waals surface area contributed by atoms with Crippen LogP contribution in [0.2, 0.25) is 0 Å². The molecule has 0 saturated heterocycles. The van der Waals surface area contributed by atoms with E-state index in [1.54, 1.807) is 14.2 Å². The van der Waals surface area contributed by atoms with Crippen molar-refractivity contribution in [2.75, 3.05) is 20.8 Å². The monoisotopic (exact) mass is 249 g/mol. The highest BCUT2D eigenvalue weighted by Crippen LogP contribution is 2.29. The minimum absolute atomic E-state index is 0.133. The van der Waals surface area contributed by atoms with E-state index in [9.17, 15) is 0 Å². The van der Waals surface area contributed by atoms with E-state index in [-0.39, 0.29) is 6.04 Å². The van der Waals surface area contributed by atoms with Gasteiger partial charge >= 0.3 is 0 Å². The van der Waals surface area contributed by atoms with Gasteiger partial charge in [0.25, 0.3) is 0 Å². The Morgan fingerprint density at radius 3 is 2.17 bits per heavy atom. The molecule has 0 aliphatic rings. The van der Waals surface area contributed by atoms with Crippen LogP contribution in [0, 0.1) is 0 Å². The summed E-state index contributed by atoms with van der Waals surface area (Å²) in [6.07, 6.45) is 1.09. The first-order valence-corrected chi connectivity index (χ1v) is 6.24. The lowest BCUT2D eigenvalue weighted by atomic mass is 10.00. The third-order valence-corrected chi connectivity index (χ3v) is 2.80. The van der Waals surface area contributed by atoms with E-state index in [1.165, 1.54) is 0 Å². The number of nitrogens with one attached hydrogen (secondary N) is 1. The largest absolute Gasteiger partial charge is 0.497 e. The fourth-order valence-corrected chi connectivity index (χ4v) is 1.86. The molecule has 0 radical (unpaired) electrons. The first-order valence-electron chi connectivity index (χ1n) is 6.24. The maximum Gasteiger partial charge on any atom is 0.122 e. The van der Waals surface area contributed by atoms with Gasteiger partial charge in [0.15, 0.2) is 0 Å². The van der Waals surface area contributed by atoms with Crippen LogP contribution < -0.4 is 14.8 Å². The highest BCUT2D eigenvalue weighted by Gasteiger charge is 2.13. The summed E-state index contributed by atoms with van der Waals surface area (Å²) in [5.41, 5.74) is 2.20. The summed E-state index contributed by atoms with van der Waals surface area (Å²) in [7, 11) is 3.32. The van der Waals surface area contributed by atoms with Gasteiger partial charge in [0.2, 0.25) is 0 Å². The van der Waals surface area contributed by atoms with Gasteiger partial charge in [-0.05, 0) is 37.6 Å². The van der Waals surface area contributed by atoms with Crippen LogP contribution in [-0.4, -0.2) is 20.8 Å². The fourth-order valence-electron chi connectivity index (χ4n) is 1.86. The molecular weight excluding hydrogens is 226 g/mol. The number of hydrogen-bond acceptors (Lipinski definition) is 3. The van der Waals surface area contributed by atoms with Gasteiger partial charge in [0.05, 0.1) is 20.3 Å². The molecular formula is C15H23NO2. The van der Waals surface area contributed by atoms with Gasteiger partial charge in [-0.2, -0.15) is 0 Å². The number of rotatable bonds is 7. The van der Waals surface area contributed by atoms with Gasteiger partial charge in [-0.3, -0.25) is 0 Å². The molecule has 0 saturated carbocycles. The smallest absolute Gasteiger partial charge is 0.122 e. The van der Waals surface area contributed by atoms with Crippen molar-refractivity contribution >= 4 is 0 Å². The summed E-state index contributed by atoms with van der Waals surface area (Å²) in [5.74, 6) is 1.60. The van der Waals surface area contributed by atoms with Crippen molar-refractivity contribution in [1.29, 1.82) is 0 Å². The second kappa shape index (κ2) is 7.07. The van der Waals surface area contributed by atoms with Gasteiger partial charge in [-0.25, -0.2) is 0 Å². The molecule has 3 nitrogen and oxygen atoms in total. The molecule has 100 valence electrons. The molecule has 1 N–H and O–H groups in total. The quantitative estimate of drug-likeness (QED) is 0.752. The molecule has 0 spiro atoms. The van der Waals surface area contributed by atoms with E-state index in [4.69, 9.17) is 9.47 Å². The first-order chi connectivity index (χ1) is 8.62. The van der Waals surface area contributed by atoms with Gasteiger partial charge in [-0.1, -0.05) is 19.1 Å². The zero-order valence-electron chi connectivity index (χ0n) is 11.7. The zero-order chi connectivity index (χ0) is 13.5. The SMILES string of the molecule is C=C(C)C(NCCC)c1cc(OC)cc(OC)c1. The second-order valence-corrected chi connectivity index (χ2v) is 4.38. The predicted octanol–water partition coefficient (Wildman–Crippen LogP) is 3.32. The van der Waals surface area contributed by atoms with Crippen LogP contribution in [0.4, 0.5) is 0 Å². The Morgan fingerprint density at radius 1 is 1.22 bits per heavy atom. The molecule has 1 unspecified atom stereocenters. The van der Waals surface area contributed by atoms with Gasteiger partial charge in [0.1, 0.15) is 11.5 Å². The van der Waals surface area contributed by atoms with Crippen LogP contribution in [0.5, 0.6) is 11.5 Å². The summed E-state index contributed by atoms with van der Waals surface area (Å²) >= 11 is 0. The van der Waals surface area contributed by atoms with Crippen molar-refractivity contribution in [3.63, 3.8) is 0 Å². The van der Waals surface area contributed by atoms with Crippen LogP contribution in [-0.2, 0) is 0 Å². The van der Waals surface area contributed by atoms with Crippen LogP contribution in [0.25, 0.3) is 0 Å². The standard InChI is InChI=1S/C15H23NO2/c1-6-7-16-15(11(2)3)12-8-13(17-4)10-14(9-12)18-5/h8-10,15-16H,2,6-7H2,1,3-5H3. The third-order valence-electron chi connectivity index (χ3n) is 2.80. The number of benzene rings is 1. The van der Waals surface area contributed by atoms with Gasteiger partial charge in [-0.15, -0.1) is 0 Å². The van der Waals surface area contributed by atoms with Crippen molar-refractivity contribution in [3.05, 3.63) is 35.9 Å². The summed E-state index contributed by atoms with van der Waals surface area (Å²) in [5, 5.41) is 3.48. The maximum absolute atomic E-state index is 5.29. The third kappa shape index (κ3) is 3.77. The summed E-state index contributed by atoms with van der Waals surface area (Å²) in [6, 6.07) is 6.04. The molecule has 0 fully saturated rings. The normalized spacial score (nSPS) is 12.0. The molecule has 1 rings (SSSR count). The highest BCUT2D eigenvalue weighted by atomic mass is 16.5. The molecule has 0 aromatic heterocycles. The summed E-state index contributed by atoms with van der Waals surface area (Å²) in [6.45, 7) is 9.18. The van der Waals surface area contributed by atoms with Crippen LogP contribution in [0.15, 0.2) is 30.4 Å². The summed E-state index contributed by atoms with van der Waals surface area (Å²) in [4.78, 5) is 0. The van der Waals surface area contributed by atoms with E-state index in [0.717, 1.165) is 35.6 Å². The van der Waals surface area contributed by atoms with Crippen LogP contribution >= 0.6 is 0 Å². The second-order valence-electron chi connectivity index (χ2n) is 4.38. The molecule has 1 aromatic rings. The van der Waals surface area contributed by atoms with E-state index in [0.29, 0.717) is 0 Å². The number of hydrogen-bond donors (Lipinski definition) is 1. The number of methoxy groups -OCH3 is 2. The lowest BCUT2D eigenvalue weighted by Crippen LogP contribution is -2.22. The average Bonchev–Trinajstić information content (AvgIpc) is 2.38. The van der Waals surface area contributed by atoms with E-state index in [1.807, 2.05) is 25.1 Å². The van der Waals surface area contributed by atoms with Crippen molar-refractivity contribution in [3.8, 4) is 11.5 Å². The Bertz CT molecular complexity index is 379. The van der Waals surface area contributed by atoms with Crippen molar-refractivity contribution < 1.29 is 9.47 Å². The average molecular weight is 249 g/mol. The Morgan fingerprint density at radius 2 is 1.78 bits per heavy atom. The minimum Gasteiger partial charge on any atom is -0.497 e. The first kappa shape index (κ1) is 14.6. The summed E-state index contributed by atoms with van der Waals surface area (Å²) < 4.78 is 10.6. The lowest BCUT2D eigenvalue weighted by molar-refractivity contribution is 0.392. The Labute approximate surface area is 110 Å². The number of ether oxygens (including phenoxy) is 2. The molecule has 0 heterocycles. The van der Waals surface area contributed by atoms with Crippen LogP contribution in [0.3, 0.4) is 0 Å². The molecule has 1 atom stereocenters. The van der Waals surface area contributed by atoms with Crippen molar-refractivity contribution in [2.45, 2.75) is 26.3 Å². The van der Waals surface area contributed by atoms with Gasteiger partial charge in [0, 0.05) is 6.07 Å². The van der Waals surface area contributed by atoms with E-state index in [2.05, 4.69) is 18.8 Å². The highest BCUT2D eigenvalue weighted by molar-refractivity contribution is 5.41. The Hall–Kier alpha value is -1.48. The zero-order valence-corrected chi connectivity index (χ0v) is 11.7. The van der Waals surface area contributed by atoms with E-state index >= 15 is 0 Å².